The Kier molecular flexibility index (Phi) is 9.70. The van der Waals surface area contributed by atoms with Crippen LogP contribution in [-0.2, 0) is 28.6 Å². The van der Waals surface area contributed by atoms with E-state index < -0.39 is 18.7 Å². The first-order valence-electron chi connectivity index (χ1n) is 8.77. The molecule has 0 N–H and O–H groups in total. The Morgan fingerprint density at radius 2 is 0.720 bits per heavy atom. The van der Waals surface area contributed by atoms with Gasteiger partial charge in [0.05, 0.1) is 17.8 Å². The number of carbonyl (C=O) groups excluding carboxylic acids is 3. The van der Waals surface area contributed by atoms with E-state index in [2.05, 4.69) is 0 Å². The average molecular weight is 359 g/mol. The van der Waals surface area contributed by atoms with Gasteiger partial charge < -0.3 is 14.2 Å². The van der Waals surface area contributed by atoms with Gasteiger partial charge in [-0.15, -0.1) is 0 Å². The molecule has 0 aliphatic carbocycles. The largest absolute Gasteiger partial charge is 0.446 e. The molecule has 0 fully saturated rings. The van der Waals surface area contributed by atoms with Crippen molar-refractivity contribution in [3.8, 4) is 0 Å². The van der Waals surface area contributed by atoms with Crippen LogP contribution in [0.3, 0.4) is 0 Å². The highest BCUT2D eigenvalue weighted by Gasteiger charge is 2.33. The lowest BCUT2D eigenvalue weighted by molar-refractivity contribution is -0.216. The number of hydrogen-bond donors (Lipinski definition) is 0. The van der Waals surface area contributed by atoms with Crippen LogP contribution < -0.4 is 0 Å². The number of esters is 3. The van der Waals surface area contributed by atoms with Crippen LogP contribution in [-0.4, -0.2) is 41.5 Å². The highest BCUT2D eigenvalue weighted by atomic mass is 16.6. The molecule has 3 atom stereocenters. The van der Waals surface area contributed by atoms with Gasteiger partial charge in [-0.05, 0) is 20.8 Å². The fourth-order valence-electron chi connectivity index (χ4n) is 1.98. The summed E-state index contributed by atoms with van der Waals surface area (Å²) in [5, 5.41) is 0. The van der Waals surface area contributed by atoms with Crippen molar-refractivity contribution in [2.24, 2.45) is 17.8 Å². The zero-order chi connectivity index (χ0) is 19.9. The Morgan fingerprint density at radius 1 is 0.520 bits per heavy atom. The Hall–Kier alpha value is -1.63. The van der Waals surface area contributed by atoms with Gasteiger partial charge in [-0.1, -0.05) is 41.5 Å². The molecule has 0 rings (SSSR count). The number of carbonyl (C=O) groups is 3. The monoisotopic (exact) mass is 359 g/mol. The van der Waals surface area contributed by atoms with Crippen molar-refractivity contribution in [2.75, 3.05) is 0 Å². The van der Waals surface area contributed by atoms with Gasteiger partial charge in [0, 0.05) is 0 Å². The van der Waals surface area contributed by atoms with Crippen molar-refractivity contribution in [3.05, 3.63) is 0 Å². The van der Waals surface area contributed by atoms with E-state index >= 15 is 0 Å². The predicted octanol–water partition coefficient (Wildman–Crippen LogP) is 2.92. The second kappa shape index (κ2) is 10.4. The first-order valence-corrected chi connectivity index (χ1v) is 8.77. The van der Waals surface area contributed by atoms with E-state index in [1.165, 1.54) is 0 Å². The van der Waals surface area contributed by atoms with E-state index in [9.17, 15) is 14.4 Å². The Bertz CT molecular complexity index is 394. The van der Waals surface area contributed by atoms with Gasteiger partial charge in [-0.2, -0.15) is 4.90 Å². The molecule has 0 aromatic rings. The topological polar surface area (TPSA) is 82.1 Å². The number of nitrogens with zero attached hydrogens (tertiary/aromatic N) is 1. The first-order chi connectivity index (χ1) is 11.4. The summed E-state index contributed by atoms with van der Waals surface area (Å²) in [6.45, 7) is 15.3. The van der Waals surface area contributed by atoms with Crippen LogP contribution in [0.5, 0.6) is 0 Å². The van der Waals surface area contributed by atoms with E-state index in [0.717, 1.165) is 0 Å². The lowest BCUT2D eigenvalue weighted by atomic mass is 10.2. The third kappa shape index (κ3) is 7.86. The van der Waals surface area contributed by atoms with Gasteiger partial charge in [0.2, 0.25) is 0 Å². The second-order valence-corrected chi connectivity index (χ2v) is 7.02. The number of rotatable bonds is 9. The molecule has 0 bridgehead atoms. The van der Waals surface area contributed by atoms with E-state index in [4.69, 9.17) is 14.2 Å². The molecule has 0 spiro atoms. The predicted molar refractivity (Wildman–Crippen MR) is 93.0 cm³/mol. The Balaban J connectivity index is 5.30. The van der Waals surface area contributed by atoms with Crippen LogP contribution in [0, 0.1) is 17.8 Å². The molecule has 25 heavy (non-hydrogen) atoms. The van der Waals surface area contributed by atoms with Crippen LogP contribution >= 0.6 is 0 Å². The van der Waals surface area contributed by atoms with E-state index in [1.54, 1.807) is 67.2 Å². The van der Waals surface area contributed by atoms with Crippen molar-refractivity contribution < 1.29 is 28.6 Å². The summed E-state index contributed by atoms with van der Waals surface area (Å²) in [4.78, 5) is 37.2. The summed E-state index contributed by atoms with van der Waals surface area (Å²) in [7, 11) is 0. The normalized spacial score (nSPS) is 15.2. The maximum atomic E-state index is 11.9. The fourth-order valence-corrected chi connectivity index (χ4v) is 1.98. The van der Waals surface area contributed by atoms with Crippen molar-refractivity contribution in [1.82, 2.24) is 4.90 Å². The third-order valence-corrected chi connectivity index (χ3v) is 3.53. The Morgan fingerprint density at radius 3 is 0.880 bits per heavy atom. The summed E-state index contributed by atoms with van der Waals surface area (Å²) >= 11 is 0. The molecule has 0 aromatic carbocycles. The summed E-state index contributed by atoms with van der Waals surface area (Å²) in [6.07, 6.45) is -2.21. The van der Waals surface area contributed by atoms with E-state index in [-0.39, 0.29) is 35.7 Å². The van der Waals surface area contributed by atoms with Gasteiger partial charge >= 0.3 is 17.9 Å². The van der Waals surface area contributed by atoms with Crippen molar-refractivity contribution in [2.45, 2.75) is 81.0 Å². The number of ether oxygens (including phenoxy) is 3. The van der Waals surface area contributed by atoms with Gasteiger partial charge in [-0.25, -0.2) is 0 Å². The van der Waals surface area contributed by atoms with Gasteiger partial charge in [-0.3, -0.25) is 14.4 Å². The summed E-state index contributed by atoms with van der Waals surface area (Å²) in [5.41, 5.74) is 0. The SMILES string of the molecule is CC(C)C(=O)OC(C)N(C(C)OC(=O)C(C)C)C(C)OC(=O)C(C)C. The van der Waals surface area contributed by atoms with Crippen LogP contribution in [0.1, 0.15) is 62.3 Å². The van der Waals surface area contributed by atoms with Crippen LogP contribution in [0.4, 0.5) is 0 Å². The summed E-state index contributed by atoms with van der Waals surface area (Å²) < 4.78 is 16.2. The molecule has 0 saturated heterocycles. The second-order valence-electron chi connectivity index (χ2n) is 7.02. The van der Waals surface area contributed by atoms with Crippen LogP contribution in [0.25, 0.3) is 0 Å². The molecule has 0 heterocycles. The third-order valence-electron chi connectivity index (χ3n) is 3.53. The van der Waals surface area contributed by atoms with Crippen LogP contribution in [0.15, 0.2) is 0 Å². The van der Waals surface area contributed by atoms with E-state index in [1.807, 2.05) is 0 Å². The number of hydrogen-bond acceptors (Lipinski definition) is 7. The average Bonchev–Trinajstić information content (AvgIpc) is 2.46. The molecule has 0 amide bonds. The van der Waals surface area contributed by atoms with Crippen molar-refractivity contribution in [1.29, 1.82) is 0 Å². The van der Waals surface area contributed by atoms with Gasteiger partial charge in [0.25, 0.3) is 0 Å². The standard InChI is InChI=1S/C18H33NO6/c1-10(2)16(20)23-13(7)19(14(8)24-17(21)11(3)4)15(9)25-18(22)12(5)6/h10-15H,1-9H3. The molecule has 3 unspecified atom stereocenters. The molecule has 7 heteroatoms. The van der Waals surface area contributed by atoms with Gasteiger partial charge in [0.1, 0.15) is 0 Å². The minimum atomic E-state index is -0.736. The maximum absolute atomic E-state index is 11.9. The van der Waals surface area contributed by atoms with Crippen molar-refractivity contribution >= 4 is 17.9 Å². The quantitative estimate of drug-likeness (QED) is 0.355. The zero-order valence-corrected chi connectivity index (χ0v) is 16.9. The molecule has 0 saturated carbocycles. The lowest BCUT2D eigenvalue weighted by Gasteiger charge is -2.37. The molecule has 0 radical (unpaired) electrons. The molecular weight excluding hydrogens is 326 g/mol. The highest BCUT2D eigenvalue weighted by Crippen LogP contribution is 2.18. The first kappa shape index (κ1) is 23.4. The minimum Gasteiger partial charge on any atom is -0.446 e. The molecular formula is C18H33NO6. The lowest BCUT2D eigenvalue weighted by Crippen LogP contribution is -2.51. The van der Waals surface area contributed by atoms with Crippen molar-refractivity contribution in [3.63, 3.8) is 0 Å². The summed E-state index contributed by atoms with van der Waals surface area (Å²) in [5.74, 6) is -2.06. The molecule has 0 aromatic heterocycles. The van der Waals surface area contributed by atoms with E-state index in [0.29, 0.717) is 0 Å². The van der Waals surface area contributed by atoms with Gasteiger partial charge in [0.15, 0.2) is 18.7 Å². The smallest absolute Gasteiger partial charge is 0.309 e. The van der Waals surface area contributed by atoms with Crippen LogP contribution in [0.2, 0.25) is 0 Å². The molecule has 0 aliphatic heterocycles. The maximum Gasteiger partial charge on any atom is 0.309 e. The molecule has 7 nitrogen and oxygen atoms in total. The highest BCUT2D eigenvalue weighted by molar-refractivity contribution is 5.72. The molecule has 0 aliphatic rings. The fraction of sp³-hybridized carbons (Fsp3) is 0.833. The minimum absolute atomic E-state index is 0.300. The zero-order valence-electron chi connectivity index (χ0n) is 16.9. The Labute approximate surface area is 151 Å². The molecule has 146 valence electrons. The summed E-state index contributed by atoms with van der Waals surface area (Å²) in [6, 6.07) is 0.